The summed E-state index contributed by atoms with van der Waals surface area (Å²) >= 11 is 0. The molecule has 1 aliphatic rings. The molecule has 1 aromatic carbocycles. The van der Waals surface area contributed by atoms with Gasteiger partial charge in [-0.3, -0.25) is 0 Å². The van der Waals surface area contributed by atoms with E-state index in [1.165, 1.54) is 24.8 Å². The van der Waals surface area contributed by atoms with Crippen molar-refractivity contribution in [1.82, 2.24) is 5.32 Å². The molecule has 0 radical (unpaired) electrons. The first-order chi connectivity index (χ1) is 10.7. The third kappa shape index (κ3) is 4.91. The van der Waals surface area contributed by atoms with Crippen molar-refractivity contribution in [1.29, 1.82) is 0 Å². The molecule has 0 heterocycles. The average molecular weight is 302 g/mol. The molecule has 1 aromatic rings. The fourth-order valence-electron chi connectivity index (χ4n) is 2.39. The molecule has 1 aliphatic carbocycles. The predicted molar refractivity (Wildman–Crippen MR) is 85.7 cm³/mol. The molecule has 22 heavy (non-hydrogen) atoms. The third-order valence-corrected chi connectivity index (χ3v) is 3.56. The van der Waals surface area contributed by atoms with Crippen LogP contribution in [0.1, 0.15) is 49.4 Å². The summed E-state index contributed by atoms with van der Waals surface area (Å²) in [6, 6.07) is 6.35. The van der Waals surface area contributed by atoms with Crippen molar-refractivity contribution in [3.8, 4) is 0 Å². The lowest BCUT2D eigenvalue weighted by atomic mass is 9.96. The van der Waals surface area contributed by atoms with E-state index in [0.29, 0.717) is 17.9 Å². The van der Waals surface area contributed by atoms with Crippen LogP contribution in [0.5, 0.6) is 0 Å². The summed E-state index contributed by atoms with van der Waals surface area (Å²) in [7, 11) is 0. The number of amides is 2. The van der Waals surface area contributed by atoms with Gasteiger partial charge in [0.2, 0.25) is 0 Å². The van der Waals surface area contributed by atoms with E-state index in [9.17, 15) is 9.59 Å². The van der Waals surface area contributed by atoms with Crippen molar-refractivity contribution in [2.24, 2.45) is 0 Å². The summed E-state index contributed by atoms with van der Waals surface area (Å²) < 4.78 is 4.91. The van der Waals surface area contributed by atoms with Gasteiger partial charge in [0.15, 0.2) is 0 Å². The third-order valence-electron chi connectivity index (χ3n) is 3.56. The van der Waals surface area contributed by atoms with E-state index in [1.807, 2.05) is 6.20 Å². The highest BCUT2D eigenvalue weighted by atomic mass is 16.5. The number of nitrogens with one attached hydrogen (secondary N) is 2. The van der Waals surface area contributed by atoms with Crippen LogP contribution in [0, 0.1) is 0 Å². The predicted octanol–water partition coefficient (Wildman–Crippen LogP) is 3.83. The number of carbonyl (C=O) groups is 2. The van der Waals surface area contributed by atoms with Gasteiger partial charge in [-0.05, 0) is 56.9 Å². The van der Waals surface area contributed by atoms with Gasteiger partial charge in [0.05, 0.1) is 12.2 Å². The molecule has 5 nitrogen and oxygen atoms in total. The lowest BCUT2D eigenvalue weighted by Crippen LogP contribution is -2.24. The zero-order chi connectivity index (χ0) is 15.8. The number of anilines is 1. The number of esters is 1. The highest BCUT2D eigenvalue weighted by Crippen LogP contribution is 2.21. The summed E-state index contributed by atoms with van der Waals surface area (Å²) in [5.74, 6) is -0.361. The second-order valence-corrected chi connectivity index (χ2v) is 5.26. The number of urea groups is 1. The van der Waals surface area contributed by atoms with E-state index in [0.717, 1.165) is 12.8 Å². The minimum absolute atomic E-state index is 0.276. The van der Waals surface area contributed by atoms with Gasteiger partial charge < -0.3 is 15.4 Å². The Hall–Kier alpha value is -2.30. The molecule has 2 amide bonds. The first kappa shape index (κ1) is 16.1. The molecule has 0 bridgehead atoms. The summed E-state index contributed by atoms with van der Waals surface area (Å²) in [6.45, 7) is 2.11. The van der Waals surface area contributed by atoms with Crippen molar-refractivity contribution in [3.63, 3.8) is 0 Å². The van der Waals surface area contributed by atoms with Crippen LogP contribution in [0.25, 0.3) is 0 Å². The van der Waals surface area contributed by atoms with Crippen LogP contribution in [0.15, 0.2) is 36.0 Å². The Balaban J connectivity index is 1.84. The maximum Gasteiger partial charge on any atom is 0.338 e. The number of rotatable bonds is 4. The normalized spacial score (nSPS) is 14.1. The van der Waals surface area contributed by atoms with Crippen LogP contribution in [-0.4, -0.2) is 18.6 Å². The van der Waals surface area contributed by atoms with Crippen molar-refractivity contribution in [2.45, 2.75) is 39.0 Å². The molecule has 0 saturated heterocycles. The molecular formula is C17H22N2O3. The maximum absolute atomic E-state index is 11.8. The average Bonchev–Trinajstić information content (AvgIpc) is 2.55. The van der Waals surface area contributed by atoms with Gasteiger partial charge in [0.1, 0.15) is 0 Å². The number of benzene rings is 1. The standard InChI is InChI=1S/C17H22N2O3/c1-2-22-16(20)14-8-10-15(11-9-14)19-17(21)18-12-13-6-4-3-5-7-13/h8-12H,2-7H2,1H3,(H2,18,19,21). The van der Waals surface area contributed by atoms with Crippen molar-refractivity contribution < 1.29 is 14.3 Å². The molecule has 2 rings (SSSR count). The van der Waals surface area contributed by atoms with Gasteiger partial charge in [0, 0.05) is 11.9 Å². The molecule has 1 saturated carbocycles. The molecule has 2 N–H and O–H groups in total. The van der Waals surface area contributed by atoms with Gasteiger partial charge in [-0.1, -0.05) is 12.0 Å². The SMILES string of the molecule is CCOC(=O)c1ccc(NC(=O)NC=C2CCCCC2)cc1. The monoisotopic (exact) mass is 302 g/mol. The van der Waals surface area contributed by atoms with Crippen LogP contribution >= 0.6 is 0 Å². The number of carbonyl (C=O) groups excluding carboxylic acids is 2. The number of hydrogen-bond acceptors (Lipinski definition) is 3. The first-order valence-electron chi connectivity index (χ1n) is 7.71. The summed E-state index contributed by atoms with van der Waals surface area (Å²) in [4.78, 5) is 23.3. The Morgan fingerprint density at radius 3 is 2.45 bits per heavy atom. The number of allylic oxidation sites excluding steroid dienone is 1. The van der Waals surface area contributed by atoms with E-state index in [-0.39, 0.29) is 12.0 Å². The molecule has 0 spiro atoms. The van der Waals surface area contributed by atoms with Crippen LogP contribution in [0.4, 0.5) is 10.5 Å². The van der Waals surface area contributed by atoms with E-state index in [2.05, 4.69) is 10.6 Å². The smallest absolute Gasteiger partial charge is 0.338 e. The lowest BCUT2D eigenvalue weighted by Gasteiger charge is -2.13. The van der Waals surface area contributed by atoms with Gasteiger partial charge in [-0.2, -0.15) is 0 Å². The summed E-state index contributed by atoms with van der Waals surface area (Å²) in [6.07, 6.45) is 7.61. The molecule has 1 fully saturated rings. The second kappa shape index (κ2) is 8.22. The van der Waals surface area contributed by atoms with Gasteiger partial charge >= 0.3 is 12.0 Å². The molecule has 118 valence electrons. The van der Waals surface area contributed by atoms with Crippen molar-refractivity contribution in [2.75, 3.05) is 11.9 Å². The van der Waals surface area contributed by atoms with Crippen molar-refractivity contribution in [3.05, 3.63) is 41.6 Å². The molecular weight excluding hydrogens is 280 g/mol. The molecule has 0 atom stereocenters. The van der Waals surface area contributed by atoms with Crippen LogP contribution in [0.3, 0.4) is 0 Å². The molecule has 0 unspecified atom stereocenters. The number of hydrogen-bond donors (Lipinski definition) is 2. The molecule has 0 aromatic heterocycles. The Morgan fingerprint density at radius 1 is 1.14 bits per heavy atom. The van der Waals surface area contributed by atoms with E-state index < -0.39 is 0 Å². The Bertz CT molecular complexity index is 542. The fraction of sp³-hybridized carbons (Fsp3) is 0.412. The highest BCUT2D eigenvalue weighted by molar-refractivity contribution is 5.92. The van der Waals surface area contributed by atoms with Crippen LogP contribution in [0.2, 0.25) is 0 Å². The Labute approximate surface area is 130 Å². The fourth-order valence-corrected chi connectivity index (χ4v) is 2.39. The van der Waals surface area contributed by atoms with Gasteiger partial charge in [-0.15, -0.1) is 0 Å². The second-order valence-electron chi connectivity index (χ2n) is 5.26. The van der Waals surface area contributed by atoms with Crippen molar-refractivity contribution >= 4 is 17.7 Å². The zero-order valence-corrected chi connectivity index (χ0v) is 12.9. The minimum Gasteiger partial charge on any atom is -0.462 e. The topological polar surface area (TPSA) is 67.4 Å². The van der Waals surface area contributed by atoms with Gasteiger partial charge in [-0.25, -0.2) is 9.59 Å². The van der Waals surface area contributed by atoms with E-state index in [1.54, 1.807) is 31.2 Å². The van der Waals surface area contributed by atoms with E-state index in [4.69, 9.17) is 4.74 Å². The quantitative estimate of drug-likeness (QED) is 0.831. The summed E-state index contributed by atoms with van der Waals surface area (Å²) in [5, 5.41) is 5.49. The van der Waals surface area contributed by atoms with Gasteiger partial charge in [0.25, 0.3) is 0 Å². The first-order valence-corrected chi connectivity index (χ1v) is 7.71. The van der Waals surface area contributed by atoms with Crippen LogP contribution in [-0.2, 0) is 4.74 Å². The largest absolute Gasteiger partial charge is 0.462 e. The Morgan fingerprint density at radius 2 is 1.82 bits per heavy atom. The number of ether oxygens (including phenoxy) is 1. The zero-order valence-electron chi connectivity index (χ0n) is 12.9. The lowest BCUT2D eigenvalue weighted by molar-refractivity contribution is 0.0526. The van der Waals surface area contributed by atoms with E-state index >= 15 is 0 Å². The highest BCUT2D eigenvalue weighted by Gasteiger charge is 2.08. The summed E-state index contributed by atoms with van der Waals surface area (Å²) in [5.41, 5.74) is 2.39. The molecule has 5 heteroatoms. The maximum atomic E-state index is 11.8. The Kier molecular flexibility index (Phi) is 6.01. The van der Waals surface area contributed by atoms with Crippen LogP contribution < -0.4 is 10.6 Å². The minimum atomic E-state index is -0.361. The molecule has 0 aliphatic heterocycles.